The van der Waals surface area contributed by atoms with Crippen LogP contribution in [0.1, 0.15) is 25.3 Å². The topological polar surface area (TPSA) is 48.3 Å². The smallest absolute Gasteiger partial charge is 0.145 e. The number of para-hydroxylation sites is 2. The monoisotopic (exact) mass is 363 g/mol. The van der Waals surface area contributed by atoms with Gasteiger partial charge in [-0.25, -0.2) is 4.68 Å². The first-order valence-corrected chi connectivity index (χ1v) is 9.54. The molecule has 0 amide bonds. The fraction of sp³-hybridized carbons (Fsp3) is 0.318. The van der Waals surface area contributed by atoms with Crippen molar-refractivity contribution in [1.82, 2.24) is 9.78 Å². The van der Waals surface area contributed by atoms with Crippen molar-refractivity contribution in [2.75, 3.05) is 25.6 Å². The number of hydrogen-bond donors (Lipinski definition) is 1. The van der Waals surface area contributed by atoms with Gasteiger partial charge in [-0.3, -0.25) is 0 Å². The molecule has 2 aromatic carbocycles. The first kappa shape index (κ1) is 17.5. The summed E-state index contributed by atoms with van der Waals surface area (Å²) in [5.41, 5.74) is 4.29. The standard InChI is InChI=1S/C22H25N3O2/c1-3-27-20-13-5-4-12-19(20)25-22-18(11-6-7-14-23-22)21(24-25)16-9-8-10-17(15-16)26-2/h4-5,8-10,12-13,15,23H,3,6-7,11,14H2,1-2H3. The van der Waals surface area contributed by atoms with E-state index in [1.165, 1.54) is 5.56 Å². The average molecular weight is 363 g/mol. The number of benzene rings is 2. The molecule has 0 saturated carbocycles. The number of aromatic nitrogens is 2. The number of fused-ring (bicyclic) bond motifs is 1. The van der Waals surface area contributed by atoms with E-state index in [4.69, 9.17) is 14.6 Å². The normalized spacial score (nSPS) is 13.4. The Bertz CT molecular complexity index is 933. The quantitative estimate of drug-likeness (QED) is 0.714. The van der Waals surface area contributed by atoms with Crippen molar-refractivity contribution in [2.24, 2.45) is 0 Å². The van der Waals surface area contributed by atoms with Crippen LogP contribution in [-0.4, -0.2) is 30.0 Å². The molecule has 5 heteroatoms. The molecule has 4 rings (SSSR count). The van der Waals surface area contributed by atoms with Gasteiger partial charge in [0.2, 0.25) is 0 Å². The Morgan fingerprint density at radius 2 is 2.00 bits per heavy atom. The molecule has 1 aromatic heterocycles. The fourth-order valence-electron chi connectivity index (χ4n) is 3.59. The van der Waals surface area contributed by atoms with E-state index in [0.717, 1.165) is 60.1 Å². The van der Waals surface area contributed by atoms with Crippen molar-refractivity contribution >= 4 is 5.82 Å². The Hall–Kier alpha value is -2.95. The molecule has 140 valence electrons. The van der Waals surface area contributed by atoms with Gasteiger partial charge in [-0.05, 0) is 50.5 Å². The molecule has 27 heavy (non-hydrogen) atoms. The Labute approximate surface area is 159 Å². The number of anilines is 1. The molecule has 0 bridgehead atoms. The number of rotatable bonds is 5. The Kier molecular flexibility index (Phi) is 5.01. The largest absolute Gasteiger partial charge is 0.497 e. The summed E-state index contributed by atoms with van der Waals surface area (Å²) in [5, 5.41) is 8.60. The highest BCUT2D eigenvalue weighted by atomic mass is 16.5. The highest BCUT2D eigenvalue weighted by Crippen LogP contribution is 2.36. The molecule has 0 saturated heterocycles. The lowest BCUT2D eigenvalue weighted by molar-refractivity contribution is 0.338. The van der Waals surface area contributed by atoms with E-state index in [-0.39, 0.29) is 0 Å². The molecule has 0 atom stereocenters. The second kappa shape index (κ2) is 7.74. The number of nitrogens with zero attached hydrogens (tertiary/aromatic N) is 2. The zero-order chi connectivity index (χ0) is 18.6. The number of hydrogen-bond acceptors (Lipinski definition) is 4. The first-order valence-electron chi connectivity index (χ1n) is 9.54. The van der Waals surface area contributed by atoms with Crippen LogP contribution in [0.3, 0.4) is 0 Å². The minimum Gasteiger partial charge on any atom is -0.497 e. The van der Waals surface area contributed by atoms with Crippen LogP contribution in [0.4, 0.5) is 5.82 Å². The zero-order valence-electron chi connectivity index (χ0n) is 15.9. The zero-order valence-corrected chi connectivity index (χ0v) is 15.9. The number of nitrogens with one attached hydrogen (secondary N) is 1. The first-order chi connectivity index (χ1) is 13.3. The maximum Gasteiger partial charge on any atom is 0.145 e. The van der Waals surface area contributed by atoms with Crippen LogP contribution in [0.25, 0.3) is 16.9 Å². The van der Waals surface area contributed by atoms with Gasteiger partial charge in [0.1, 0.15) is 23.0 Å². The van der Waals surface area contributed by atoms with Crippen molar-refractivity contribution in [2.45, 2.75) is 26.2 Å². The van der Waals surface area contributed by atoms with Gasteiger partial charge in [0.05, 0.1) is 19.4 Å². The predicted octanol–water partition coefficient (Wildman–Crippen LogP) is 4.69. The molecule has 0 spiro atoms. The fourth-order valence-corrected chi connectivity index (χ4v) is 3.59. The second-order valence-corrected chi connectivity index (χ2v) is 6.60. The minimum atomic E-state index is 0.622. The van der Waals surface area contributed by atoms with Crippen LogP contribution < -0.4 is 14.8 Å². The Morgan fingerprint density at radius 1 is 1.11 bits per heavy atom. The van der Waals surface area contributed by atoms with Gasteiger partial charge in [0.15, 0.2) is 0 Å². The van der Waals surface area contributed by atoms with E-state index in [1.54, 1.807) is 7.11 Å². The van der Waals surface area contributed by atoms with Crippen LogP contribution >= 0.6 is 0 Å². The average Bonchev–Trinajstić information content (AvgIpc) is 2.89. The summed E-state index contributed by atoms with van der Waals surface area (Å²) in [5.74, 6) is 2.75. The lowest BCUT2D eigenvalue weighted by atomic mass is 10.0. The summed E-state index contributed by atoms with van der Waals surface area (Å²) in [6.45, 7) is 3.57. The molecule has 1 aliphatic heterocycles. The van der Waals surface area contributed by atoms with Crippen LogP contribution in [0.15, 0.2) is 48.5 Å². The molecule has 0 fully saturated rings. The maximum atomic E-state index is 5.86. The van der Waals surface area contributed by atoms with E-state index >= 15 is 0 Å². The molecular formula is C22H25N3O2. The summed E-state index contributed by atoms with van der Waals surface area (Å²) >= 11 is 0. The molecule has 1 N–H and O–H groups in total. The van der Waals surface area contributed by atoms with Crippen molar-refractivity contribution in [3.05, 3.63) is 54.1 Å². The number of ether oxygens (including phenoxy) is 2. The highest BCUT2D eigenvalue weighted by Gasteiger charge is 2.23. The Balaban J connectivity index is 1.90. The molecule has 0 radical (unpaired) electrons. The molecule has 0 aliphatic carbocycles. The van der Waals surface area contributed by atoms with Gasteiger partial charge in [0, 0.05) is 17.7 Å². The third-order valence-electron chi connectivity index (χ3n) is 4.87. The van der Waals surface area contributed by atoms with Crippen molar-refractivity contribution in [3.63, 3.8) is 0 Å². The van der Waals surface area contributed by atoms with E-state index in [2.05, 4.69) is 17.4 Å². The molecule has 1 aliphatic rings. The molecule has 3 aromatic rings. The second-order valence-electron chi connectivity index (χ2n) is 6.60. The van der Waals surface area contributed by atoms with Crippen LogP contribution in [0.5, 0.6) is 11.5 Å². The van der Waals surface area contributed by atoms with Gasteiger partial charge in [-0.15, -0.1) is 0 Å². The van der Waals surface area contributed by atoms with Gasteiger partial charge in [0.25, 0.3) is 0 Å². The van der Waals surface area contributed by atoms with Gasteiger partial charge in [-0.2, -0.15) is 5.10 Å². The van der Waals surface area contributed by atoms with Crippen LogP contribution in [-0.2, 0) is 6.42 Å². The van der Waals surface area contributed by atoms with Crippen molar-refractivity contribution < 1.29 is 9.47 Å². The third kappa shape index (κ3) is 3.37. The highest BCUT2D eigenvalue weighted by molar-refractivity contribution is 5.72. The number of methoxy groups -OCH3 is 1. The minimum absolute atomic E-state index is 0.622. The summed E-state index contributed by atoms with van der Waals surface area (Å²) in [4.78, 5) is 0. The van der Waals surface area contributed by atoms with Gasteiger partial charge in [-0.1, -0.05) is 24.3 Å². The molecular weight excluding hydrogens is 338 g/mol. The third-order valence-corrected chi connectivity index (χ3v) is 4.87. The van der Waals surface area contributed by atoms with Crippen molar-refractivity contribution in [1.29, 1.82) is 0 Å². The summed E-state index contributed by atoms with van der Waals surface area (Å²) in [7, 11) is 1.69. The van der Waals surface area contributed by atoms with Crippen LogP contribution in [0.2, 0.25) is 0 Å². The summed E-state index contributed by atoms with van der Waals surface area (Å²) < 4.78 is 13.3. The van der Waals surface area contributed by atoms with Gasteiger partial charge >= 0.3 is 0 Å². The molecule has 2 heterocycles. The van der Waals surface area contributed by atoms with Gasteiger partial charge < -0.3 is 14.8 Å². The van der Waals surface area contributed by atoms with Crippen LogP contribution in [0, 0.1) is 0 Å². The van der Waals surface area contributed by atoms with E-state index in [9.17, 15) is 0 Å². The molecule has 5 nitrogen and oxygen atoms in total. The lowest BCUT2D eigenvalue weighted by Gasteiger charge is -2.13. The summed E-state index contributed by atoms with van der Waals surface area (Å²) in [6.07, 6.45) is 3.31. The maximum absolute atomic E-state index is 5.86. The Morgan fingerprint density at radius 3 is 2.85 bits per heavy atom. The van der Waals surface area contributed by atoms with Crippen molar-refractivity contribution in [3.8, 4) is 28.4 Å². The van der Waals surface area contributed by atoms with E-state index < -0.39 is 0 Å². The lowest BCUT2D eigenvalue weighted by Crippen LogP contribution is -2.08. The SMILES string of the molecule is CCOc1ccccc1-n1nc(-c2cccc(OC)c2)c2c1NCCCC2. The summed E-state index contributed by atoms with van der Waals surface area (Å²) in [6, 6.07) is 16.2. The van der Waals surface area contributed by atoms with E-state index in [0.29, 0.717) is 6.61 Å². The molecule has 0 unspecified atom stereocenters. The van der Waals surface area contributed by atoms with E-state index in [1.807, 2.05) is 48.0 Å². The predicted molar refractivity (Wildman–Crippen MR) is 108 cm³/mol.